The fourth-order valence-electron chi connectivity index (χ4n) is 3.67. The Labute approximate surface area is 152 Å². The third-order valence-electron chi connectivity index (χ3n) is 5.17. The van der Waals surface area contributed by atoms with E-state index < -0.39 is 0 Å². The number of likely N-dealkylation sites (tertiary alicyclic amines) is 1. The van der Waals surface area contributed by atoms with Crippen molar-refractivity contribution in [3.05, 3.63) is 42.1 Å². The first-order chi connectivity index (χ1) is 12.3. The average Bonchev–Trinajstić information content (AvgIpc) is 3.36. The predicted molar refractivity (Wildman–Crippen MR) is 98.8 cm³/mol. The number of rotatable bonds is 5. The summed E-state index contributed by atoms with van der Waals surface area (Å²) in [5.41, 5.74) is 0.719. The minimum atomic E-state index is 0.0995. The highest BCUT2D eigenvalue weighted by atomic mass is 32.2. The molecular weight excluding hydrogens is 332 g/mol. The zero-order chi connectivity index (χ0) is 17.2. The van der Waals surface area contributed by atoms with Gasteiger partial charge in [-0.2, -0.15) is 0 Å². The maximum Gasteiger partial charge on any atom is 0.256 e. The molecule has 1 aliphatic carbocycles. The minimum Gasteiger partial charge on any atom is -0.338 e. The molecule has 1 saturated heterocycles. The van der Waals surface area contributed by atoms with E-state index in [1.807, 2.05) is 29.5 Å². The summed E-state index contributed by atoms with van der Waals surface area (Å²) in [6.45, 7) is 2.66. The second-order valence-electron chi connectivity index (χ2n) is 7.03. The molecule has 25 heavy (non-hydrogen) atoms. The number of hydrogen-bond donors (Lipinski definition) is 0. The van der Waals surface area contributed by atoms with E-state index in [1.54, 1.807) is 6.20 Å². The van der Waals surface area contributed by atoms with E-state index in [9.17, 15) is 4.79 Å². The van der Waals surface area contributed by atoms with Crippen molar-refractivity contribution < 1.29 is 4.79 Å². The Balaban J connectivity index is 1.51. The number of carbonyl (C=O) groups is 1. The Hall–Kier alpha value is -1.82. The molecule has 5 nitrogen and oxygen atoms in total. The molecule has 132 valence electrons. The van der Waals surface area contributed by atoms with Crippen molar-refractivity contribution in [1.29, 1.82) is 0 Å². The van der Waals surface area contributed by atoms with Gasteiger partial charge in [0.15, 0.2) is 0 Å². The topological polar surface area (TPSA) is 51.0 Å². The van der Waals surface area contributed by atoms with Gasteiger partial charge >= 0.3 is 0 Å². The molecule has 0 aromatic carbocycles. The van der Waals surface area contributed by atoms with Gasteiger partial charge in [0.25, 0.3) is 5.91 Å². The van der Waals surface area contributed by atoms with Crippen LogP contribution in [0.25, 0.3) is 0 Å². The van der Waals surface area contributed by atoms with Crippen LogP contribution in [0.3, 0.4) is 0 Å². The second kappa shape index (κ2) is 7.20. The van der Waals surface area contributed by atoms with Crippen molar-refractivity contribution in [3.63, 3.8) is 0 Å². The van der Waals surface area contributed by atoms with Gasteiger partial charge in [-0.05, 0) is 50.0 Å². The summed E-state index contributed by atoms with van der Waals surface area (Å²) in [6, 6.07) is 3.73. The van der Waals surface area contributed by atoms with Gasteiger partial charge in [0, 0.05) is 44.1 Å². The van der Waals surface area contributed by atoms with E-state index in [0.29, 0.717) is 5.92 Å². The summed E-state index contributed by atoms with van der Waals surface area (Å²) in [4.78, 5) is 24.0. The molecule has 0 bridgehead atoms. The van der Waals surface area contributed by atoms with Crippen molar-refractivity contribution in [2.24, 2.45) is 5.92 Å². The maximum atomic E-state index is 13.0. The van der Waals surface area contributed by atoms with Crippen molar-refractivity contribution in [1.82, 2.24) is 19.4 Å². The van der Waals surface area contributed by atoms with Crippen LogP contribution in [0.1, 0.15) is 47.8 Å². The molecule has 2 aromatic heterocycles. The largest absolute Gasteiger partial charge is 0.338 e. The maximum absolute atomic E-state index is 13.0. The standard InChI is InChI=1S/C19H24N4OS/c1-25-18-16(5-2-8-21-18)19(24)23-10-3-4-15(13-23)17-20-9-11-22(17)12-14-6-7-14/h2,5,8-9,11,14-15H,3-4,6-7,10,12-13H2,1H3. The van der Waals surface area contributed by atoms with Gasteiger partial charge in [-0.1, -0.05) is 0 Å². The lowest BCUT2D eigenvalue weighted by atomic mass is 9.96. The molecule has 6 heteroatoms. The second-order valence-corrected chi connectivity index (χ2v) is 7.83. The summed E-state index contributed by atoms with van der Waals surface area (Å²) in [7, 11) is 0. The highest BCUT2D eigenvalue weighted by Gasteiger charge is 2.30. The lowest BCUT2D eigenvalue weighted by molar-refractivity contribution is 0.0699. The molecule has 0 spiro atoms. The Morgan fingerprint density at radius 1 is 1.28 bits per heavy atom. The fraction of sp³-hybridized carbons (Fsp3) is 0.526. The van der Waals surface area contributed by atoms with Crippen molar-refractivity contribution in [3.8, 4) is 0 Å². The first-order valence-electron chi connectivity index (χ1n) is 9.05. The number of pyridine rings is 1. The third kappa shape index (κ3) is 3.59. The molecule has 0 N–H and O–H groups in total. The number of hydrogen-bond acceptors (Lipinski definition) is 4. The van der Waals surface area contributed by atoms with Gasteiger partial charge in [0.05, 0.1) is 5.56 Å². The van der Waals surface area contributed by atoms with Crippen molar-refractivity contribution >= 4 is 17.7 Å². The average molecular weight is 356 g/mol. The van der Waals surface area contributed by atoms with E-state index >= 15 is 0 Å². The van der Waals surface area contributed by atoms with Crippen molar-refractivity contribution in [2.45, 2.75) is 43.2 Å². The Morgan fingerprint density at radius 3 is 2.96 bits per heavy atom. The Kier molecular flexibility index (Phi) is 4.79. The first-order valence-corrected chi connectivity index (χ1v) is 10.3. The summed E-state index contributed by atoms with van der Waals surface area (Å²) in [5.74, 6) is 2.41. The summed E-state index contributed by atoms with van der Waals surface area (Å²) >= 11 is 1.53. The quantitative estimate of drug-likeness (QED) is 0.770. The molecule has 2 fully saturated rings. The number of imidazole rings is 1. The number of carbonyl (C=O) groups excluding carboxylic acids is 1. The highest BCUT2D eigenvalue weighted by Crippen LogP contribution is 2.33. The molecule has 2 aromatic rings. The molecule has 4 rings (SSSR count). The van der Waals surface area contributed by atoms with Gasteiger partial charge in [-0.3, -0.25) is 4.79 Å². The van der Waals surface area contributed by atoms with E-state index in [-0.39, 0.29) is 5.91 Å². The number of aromatic nitrogens is 3. The number of thioether (sulfide) groups is 1. The van der Waals surface area contributed by atoms with Gasteiger partial charge < -0.3 is 9.47 Å². The molecular formula is C19H24N4OS. The van der Waals surface area contributed by atoms with E-state index in [0.717, 1.165) is 54.8 Å². The van der Waals surface area contributed by atoms with E-state index in [2.05, 4.69) is 20.7 Å². The smallest absolute Gasteiger partial charge is 0.256 e. The zero-order valence-corrected chi connectivity index (χ0v) is 15.4. The predicted octanol–water partition coefficient (Wildman–Crippen LogP) is 3.43. The van der Waals surface area contributed by atoms with Crippen LogP contribution < -0.4 is 0 Å². The first kappa shape index (κ1) is 16.6. The van der Waals surface area contributed by atoms with E-state index in [4.69, 9.17) is 0 Å². The molecule has 3 heterocycles. The summed E-state index contributed by atoms with van der Waals surface area (Å²) in [5, 5.41) is 0.810. The Morgan fingerprint density at radius 2 is 2.16 bits per heavy atom. The van der Waals surface area contributed by atoms with Crippen LogP contribution in [0.5, 0.6) is 0 Å². The summed E-state index contributed by atoms with van der Waals surface area (Å²) < 4.78 is 2.31. The van der Waals surface area contributed by atoms with Gasteiger partial charge in [-0.25, -0.2) is 9.97 Å². The highest BCUT2D eigenvalue weighted by molar-refractivity contribution is 7.98. The van der Waals surface area contributed by atoms with Crippen LogP contribution >= 0.6 is 11.8 Å². The fourth-order valence-corrected chi connectivity index (χ4v) is 4.21. The van der Waals surface area contributed by atoms with Crippen LogP contribution in [-0.4, -0.2) is 44.7 Å². The van der Waals surface area contributed by atoms with Crippen LogP contribution in [0, 0.1) is 5.92 Å². The lowest BCUT2D eigenvalue weighted by Gasteiger charge is -2.33. The monoisotopic (exact) mass is 356 g/mol. The van der Waals surface area contributed by atoms with Gasteiger partial charge in [0.1, 0.15) is 10.9 Å². The van der Waals surface area contributed by atoms with Crippen LogP contribution in [-0.2, 0) is 6.54 Å². The lowest BCUT2D eigenvalue weighted by Crippen LogP contribution is -2.40. The van der Waals surface area contributed by atoms with Crippen LogP contribution in [0.4, 0.5) is 0 Å². The van der Waals surface area contributed by atoms with Crippen LogP contribution in [0.15, 0.2) is 35.7 Å². The van der Waals surface area contributed by atoms with Gasteiger partial charge in [0.2, 0.25) is 0 Å². The van der Waals surface area contributed by atoms with Crippen LogP contribution in [0.2, 0.25) is 0 Å². The number of amides is 1. The number of piperidine rings is 1. The molecule has 2 aliphatic rings. The molecule has 1 unspecified atom stereocenters. The molecule has 0 radical (unpaired) electrons. The zero-order valence-electron chi connectivity index (χ0n) is 14.6. The van der Waals surface area contributed by atoms with Crippen molar-refractivity contribution in [2.75, 3.05) is 19.3 Å². The normalized spacial score (nSPS) is 20.7. The molecule has 1 saturated carbocycles. The van der Waals surface area contributed by atoms with Gasteiger partial charge in [-0.15, -0.1) is 11.8 Å². The molecule has 1 atom stereocenters. The SMILES string of the molecule is CSc1ncccc1C(=O)N1CCCC(c2nccn2CC2CC2)C1. The molecule has 1 amide bonds. The Bertz CT molecular complexity index is 755. The minimum absolute atomic E-state index is 0.0995. The third-order valence-corrected chi connectivity index (χ3v) is 5.88. The molecule has 1 aliphatic heterocycles. The summed E-state index contributed by atoms with van der Waals surface area (Å²) in [6.07, 6.45) is 12.5. The van der Waals surface area contributed by atoms with E-state index in [1.165, 1.54) is 24.6 Å². The number of nitrogens with zero attached hydrogens (tertiary/aromatic N) is 4.